The molecule has 2 aromatic carbocycles. The van der Waals surface area contributed by atoms with Gasteiger partial charge in [0.2, 0.25) is 5.88 Å². The van der Waals surface area contributed by atoms with Gasteiger partial charge in [-0.3, -0.25) is 4.79 Å². The summed E-state index contributed by atoms with van der Waals surface area (Å²) in [6.45, 7) is 0.426. The predicted molar refractivity (Wildman–Crippen MR) is 103 cm³/mol. The lowest BCUT2D eigenvalue weighted by molar-refractivity contribution is -0.123. The van der Waals surface area contributed by atoms with Crippen molar-refractivity contribution in [3.63, 3.8) is 0 Å². The van der Waals surface area contributed by atoms with Gasteiger partial charge in [0.25, 0.3) is 5.91 Å². The lowest BCUT2D eigenvalue weighted by atomic mass is 10.1. The first kappa shape index (κ1) is 19.6. The Morgan fingerprint density at radius 1 is 0.964 bits per heavy atom. The zero-order valence-electron chi connectivity index (χ0n) is 14.8. The third kappa shape index (κ3) is 5.92. The number of aromatic nitrogens is 2. The number of carbonyl (C=O) groups excluding carboxylic acids is 1. The molecule has 0 spiro atoms. The summed E-state index contributed by atoms with van der Waals surface area (Å²) in [6, 6.07) is 16.1. The summed E-state index contributed by atoms with van der Waals surface area (Å²) in [4.78, 5) is 11.7. The van der Waals surface area contributed by atoms with Crippen LogP contribution in [-0.4, -0.2) is 35.9 Å². The molecule has 0 fully saturated rings. The molecule has 1 N–H and O–H groups in total. The number of halogens is 2. The van der Waals surface area contributed by atoms with Gasteiger partial charge in [-0.2, -0.15) is 0 Å². The zero-order valence-corrected chi connectivity index (χ0v) is 15.5. The quantitative estimate of drug-likeness (QED) is 0.585. The highest BCUT2D eigenvalue weighted by molar-refractivity contribution is 6.30. The van der Waals surface area contributed by atoms with E-state index in [0.717, 1.165) is 5.56 Å². The molecule has 0 unspecified atom stereocenters. The standard InChI is InChI=1S/C20H17ClFN3O3/c21-15-3-7-17(8-4-15)28-13-19(26)23-11-12-27-20-10-9-18(24-25-20)14-1-5-16(22)6-2-14/h1-10H,11-13H2,(H,23,26). The van der Waals surface area contributed by atoms with Gasteiger partial charge in [0, 0.05) is 16.7 Å². The van der Waals surface area contributed by atoms with Gasteiger partial charge in [-0.25, -0.2) is 4.39 Å². The van der Waals surface area contributed by atoms with Crippen molar-refractivity contribution in [1.82, 2.24) is 15.5 Å². The predicted octanol–water partition coefficient (Wildman–Crippen LogP) is 3.51. The summed E-state index contributed by atoms with van der Waals surface area (Å²) in [5.41, 5.74) is 1.37. The average Bonchev–Trinajstić information content (AvgIpc) is 2.72. The minimum absolute atomic E-state index is 0.103. The summed E-state index contributed by atoms with van der Waals surface area (Å²) in [5, 5.41) is 11.3. The molecule has 0 saturated heterocycles. The molecule has 144 valence electrons. The monoisotopic (exact) mass is 401 g/mol. The topological polar surface area (TPSA) is 73.3 Å². The van der Waals surface area contributed by atoms with E-state index in [-0.39, 0.29) is 24.9 Å². The molecule has 1 heterocycles. The van der Waals surface area contributed by atoms with Crippen LogP contribution in [0.4, 0.5) is 4.39 Å². The highest BCUT2D eigenvalue weighted by atomic mass is 35.5. The highest BCUT2D eigenvalue weighted by Crippen LogP contribution is 2.18. The van der Waals surface area contributed by atoms with Crippen LogP contribution in [0.15, 0.2) is 60.7 Å². The van der Waals surface area contributed by atoms with E-state index in [2.05, 4.69) is 15.5 Å². The zero-order chi connectivity index (χ0) is 19.8. The first-order valence-corrected chi connectivity index (χ1v) is 8.85. The Hall–Kier alpha value is -3.19. The van der Waals surface area contributed by atoms with Crippen molar-refractivity contribution in [2.24, 2.45) is 0 Å². The molecule has 3 aromatic rings. The summed E-state index contributed by atoms with van der Waals surface area (Å²) < 4.78 is 23.7. The maximum Gasteiger partial charge on any atom is 0.258 e. The van der Waals surface area contributed by atoms with Crippen LogP contribution < -0.4 is 14.8 Å². The number of hydrogen-bond donors (Lipinski definition) is 1. The van der Waals surface area contributed by atoms with E-state index in [1.165, 1.54) is 12.1 Å². The maximum atomic E-state index is 12.9. The van der Waals surface area contributed by atoms with E-state index >= 15 is 0 Å². The third-order valence-electron chi connectivity index (χ3n) is 3.64. The molecule has 0 aliphatic heterocycles. The lowest BCUT2D eigenvalue weighted by Crippen LogP contribution is -2.32. The summed E-state index contributed by atoms with van der Waals surface area (Å²) >= 11 is 5.78. The molecule has 0 radical (unpaired) electrons. The number of carbonyl (C=O) groups is 1. The van der Waals surface area contributed by atoms with Crippen LogP contribution in [-0.2, 0) is 4.79 Å². The normalized spacial score (nSPS) is 10.4. The molecule has 8 heteroatoms. The molecule has 3 rings (SSSR count). The minimum atomic E-state index is -0.308. The summed E-state index contributed by atoms with van der Waals surface area (Å²) in [5.74, 6) is 0.318. The van der Waals surface area contributed by atoms with Gasteiger partial charge < -0.3 is 14.8 Å². The number of ether oxygens (including phenoxy) is 2. The van der Waals surface area contributed by atoms with Gasteiger partial charge in [0.05, 0.1) is 12.2 Å². The van der Waals surface area contributed by atoms with Crippen molar-refractivity contribution in [1.29, 1.82) is 0 Å². The number of rotatable bonds is 8. The Labute approximate surface area is 166 Å². The van der Waals surface area contributed by atoms with Gasteiger partial charge in [-0.15, -0.1) is 10.2 Å². The van der Waals surface area contributed by atoms with Crippen LogP contribution >= 0.6 is 11.6 Å². The summed E-state index contributed by atoms with van der Waals surface area (Å²) in [6.07, 6.45) is 0. The fourth-order valence-electron chi connectivity index (χ4n) is 2.25. The van der Waals surface area contributed by atoms with Crippen LogP contribution in [0, 0.1) is 5.82 Å². The van der Waals surface area contributed by atoms with E-state index in [1.807, 2.05) is 0 Å². The Kier molecular flexibility index (Phi) is 6.75. The lowest BCUT2D eigenvalue weighted by Gasteiger charge is -2.08. The fourth-order valence-corrected chi connectivity index (χ4v) is 2.37. The van der Waals surface area contributed by atoms with Crippen molar-refractivity contribution in [2.45, 2.75) is 0 Å². The minimum Gasteiger partial charge on any atom is -0.484 e. The molecular formula is C20H17ClFN3O3. The molecule has 0 aliphatic carbocycles. The molecule has 0 aliphatic rings. The van der Waals surface area contributed by atoms with Gasteiger partial charge in [-0.1, -0.05) is 11.6 Å². The van der Waals surface area contributed by atoms with Crippen LogP contribution in [0.5, 0.6) is 11.6 Å². The number of amides is 1. The van der Waals surface area contributed by atoms with E-state index in [4.69, 9.17) is 21.1 Å². The maximum absolute atomic E-state index is 12.9. The van der Waals surface area contributed by atoms with Gasteiger partial charge in [0.1, 0.15) is 18.2 Å². The third-order valence-corrected chi connectivity index (χ3v) is 3.89. The SMILES string of the molecule is O=C(COc1ccc(Cl)cc1)NCCOc1ccc(-c2ccc(F)cc2)nn1. The van der Waals surface area contributed by atoms with E-state index < -0.39 is 0 Å². The van der Waals surface area contributed by atoms with Gasteiger partial charge >= 0.3 is 0 Å². The van der Waals surface area contributed by atoms with Crippen molar-refractivity contribution in [3.05, 3.63) is 71.5 Å². The first-order valence-electron chi connectivity index (χ1n) is 8.48. The average molecular weight is 402 g/mol. The van der Waals surface area contributed by atoms with Crippen molar-refractivity contribution in [3.8, 4) is 22.9 Å². The van der Waals surface area contributed by atoms with Crippen LogP contribution in [0.2, 0.25) is 5.02 Å². The fraction of sp³-hybridized carbons (Fsp3) is 0.150. The molecule has 0 saturated carbocycles. The Morgan fingerprint density at radius 3 is 2.39 bits per heavy atom. The molecule has 1 aromatic heterocycles. The summed E-state index contributed by atoms with van der Waals surface area (Å²) in [7, 11) is 0. The number of nitrogens with zero attached hydrogens (tertiary/aromatic N) is 2. The Morgan fingerprint density at radius 2 is 1.71 bits per heavy atom. The molecule has 0 atom stereocenters. The van der Waals surface area contributed by atoms with E-state index in [9.17, 15) is 9.18 Å². The highest BCUT2D eigenvalue weighted by Gasteiger charge is 2.04. The van der Waals surface area contributed by atoms with Crippen molar-refractivity contribution in [2.75, 3.05) is 19.8 Å². The second kappa shape index (κ2) is 9.66. The number of hydrogen-bond acceptors (Lipinski definition) is 5. The molecule has 1 amide bonds. The van der Waals surface area contributed by atoms with E-state index in [1.54, 1.807) is 48.5 Å². The molecule has 0 bridgehead atoms. The second-order valence-corrected chi connectivity index (χ2v) is 6.14. The first-order chi connectivity index (χ1) is 13.6. The van der Waals surface area contributed by atoms with Crippen LogP contribution in [0.1, 0.15) is 0 Å². The Balaban J connectivity index is 1.37. The van der Waals surface area contributed by atoms with E-state index in [0.29, 0.717) is 28.9 Å². The van der Waals surface area contributed by atoms with Gasteiger partial charge in [-0.05, 0) is 54.6 Å². The Bertz CT molecular complexity index is 903. The molecule has 28 heavy (non-hydrogen) atoms. The molecule has 6 nitrogen and oxygen atoms in total. The van der Waals surface area contributed by atoms with Crippen molar-refractivity contribution < 1.29 is 18.7 Å². The second-order valence-electron chi connectivity index (χ2n) is 5.70. The smallest absolute Gasteiger partial charge is 0.258 e. The van der Waals surface area contributed by atoms with Crippen molar-refractivity contribution >= 4 is 17.5 Å². The largest absolute Gasteiger partial charge is 0.484 e. The van der Waals surface area contributed by atoms with Gasteiger partial charge in [0.15, 0.2) is 6.61 Å². The number of benzene rings is 2. The molecular weight excluding hydrogens is 385 g/mol. The number of nitrogens with one attached hydrogen (secondary N) is 1. The van der Waals surface area contributed by atoms with Crippen LogP contribution in [0.3, 0.4) is 0 Å². The van der Waals surface area contributed by atoms with Crippen LogP contribution in [0.25, 0.3) is 11.3 Å².